The number of amides is 1. The van der Waals surface area contributed by atoms with Gasteiger partial charge >= 0.3 is 0 Å². The summed E-state index contributed by atoms with van der Waals surface area (Å²) in [5.41, 5.74) is 0.845. The molecule has 3 aromatic rings. The number of sulfonamides is 1. The number of fused-ring (bicyclic) bond motifs is 1. The maximum absolute atomic E-state index is 13.6. The van der Waals surface area contributed by atoms with E-state index in [1.54, 1.807) is 12.1 Å². The average molecular weight is 456 g/mol. The number of anilines is 3. The predicted octanol–water partition coefficient (Wildman–Crippen LogP) is 3.91. The van der Waals surface area contributed by atoms with E-state index in [-0.39, 0.29) is 10.6 Å². The number of nitrogens with zero attached hydrogens (tertiary/aromatic N) is 2. The summed E-state index contributed by atoms with van der Waals surface area (Å²) in [6.45, 7) is 0.332. The first kappa shape index (κ1) is 21.8. The van der Waals surface area contributed by atoms with Crippen LogP contribution < -0.4 is 14.8 Å². The van der Waals surface area contributed by atoms with Crippen molar-refractivity contribution >= 4 is 33.0 Å². The highest BCUT2D eigenvalue weighted by atomic mass is 32.2. The number of nitrogens with one attached hydrogen (secondary N) is 1. The van der Waals surface area contributed by atoms with E-state index in [0.29, 0.717) is 18.7 Å². The Bertz CT molecular complexity index is 1280. The number of rotatable bonds is 5. The highest BCUT2D eigenvalue weighted by Crippen LogP contribution is 2.32. The summed E-state index contributed by atoms with van der Waals surface area (Å²) in [7, 11) is -3.90. The molecule has 2 N–H and O–H groups in total. The Balaban J connectivity index is 1.64. The molecule has 1 heterocycles. The van der Waals surface area contributed by atoms with Gasteiger partial charge in [0.2, 0.25) is 0 Å². The summed E-state index contributed by atoms with van der Waals surface area (Å²) in [6.07, 6.45) is 1.47. The molecule has 8 nitrogen and oxygen atoms in total. The Morgan fingerprint density at radius 2 is 1.88 bits per heavy atom. The normalized spacial score (nSPS) is 13.4. The molecule has 1 amide bonds. The van der Waals surface area contributed by atoms with Gasteiger partial charge in [-0.3, -0.25) is 14.3 Å². The maximum Gasteiger partial charge on any atom is 0.264 e. The topological polar surface area (TPSA) is 113 Å². The third-order valence-corrected chi connectivity index (χ3v) is 6.97. The van der Waals surface area contributed by atoms with Gasteiger partial charge in [-0.05, 0) is 60.9 Å². The van der Waals surface area contributed by atoms with E-state index in [4.69, 9.17) is 0 Å². The van der Waals surface area contributed by atoms with Crippen LogP contribution in [0.4, 0.5) is 21.5 Å². The van der Waals surface area contributed by atoms with Gasteiger partial charge in [0.15, 0.2) is 0 Å². The predicted molar refractivity (Wildman–Crippen MR) is 118 cm³/mol. The minimum Gasteiger partial charge on any atom is -0.733 e. The van der Waals surface area contributed by atoms with E-state index in [9.17, 15) is 28.0 Å². The fourth-order valence-corrected chi connectivity index (χ4v) is 5.25. The van der Waals surface area contributed by atoms with Crippen molar-refractivity contribution in [2.45, 2.75) is 17.7 Å². The average Bonchev–Trinajstić information content (AvgIpc) is 2.78. The molecule has 0 aromatic heterocycles. The van der Waals surface area contributed by atoms with E-state index in [1.807, 2.05) is 12.1 Å². The number of halogens is 1. The van der Waals surface area contributed by atoms with Crippen LogP contribution in [-0.4, -0.2) is 26.1 Å². The summed E-state index contributed by atoms with van der Waals surface area (Å²) in [4.78, 5) is 12.6. The van der Waals surface area contributed by atoms with E-state index < -0.39 is 38.2 Å². The second-order valence-corrected chi connectivity index (χ2v) is 9.09. The number of benzene rings is 3. The molecule has 4 rings (SSSR count). The summed E-state index contributed by atoms with van der Waals surface area (Å²) >= 11 is 0. The number of carbonyl (C=O) groups is 1. The van der Waals surface area contributed by atoms with Crippen molar-refractivity contribution in [3.63, 3.8) is 0 Å². The second-order valence-electron chi connectivity index (χ2n) is 7.23. The van der Waals surface area contributed by atoms with Crippen molar-refractivity contribution in [3.8, 4) is 0 Å². The lowest BCUT2D eigenvalue weighted by atomic mass is 10.0. The van der Waals surface area contributed by atoms with Crippen LogP contribution in [0.5, 0.6) is 0 Å². The standard InChI is InChI=1S/C22H19FN3O5S/c23-16-10-11-21(26(28)29)19(13-16)22(27)24-17-7-3-8-18(14-17)32(30,31)25-12-4-6-15-5-1-2-9-20(15)25/h1-3,5,7-11,13-14,28H,4,6,12H2,(H,24,27)/q-1. The molecule has 0 saturated heterocycles. The highest BCUT2D eigenvalue weighted by Gasteiger charge is 2.29. The van der Waals surface area contributed by atoms with Gasteiger partial charge < -0.3 is 15.8 Å². The van der Waals surface area contributed by atoms with Gasteiger partial charge in [-0.25, -0.2) is 12.8 Å². The summed E-state index contributed by atoms with van der Waals surface area (Å²) < 4.78 is 41.6. The Labute approximate surface area is 184 Å². The van der Waals surface area contributed by atoms with Crippen LogP contribution >= 0.6 is 0 Å². The monoisotopic (exact) mass is 456 g/mol. The molecule has 1 aliphatic heterocycles. The molecule has 0 aliphatic carbocycles. The molecular weight excluding hydrogens is 437 g/mol. The number of aryl methyl sites for hydroxylation is 1. The minimum absolute atomic E-state index is 0.0286. The molecule has 0 fully saturated rings. The molecule has 10 heteroatoms. The summed E-state index contributed by atoms with van der Waals surface area (Å²) in [5.74, 6) is -1.66. The van der Waals surface area contributed by atoms with E-state index >= 15 is 0 Å². The molecular formula is C22H19FN3O5S-. The van der Waals surface area contributed by atoms with Gasteiger partial charge in [0.05, 0.1) is 21.8 Å². The first-order valence-electron chi connectivity index (χ1n) is 9.75. The van der Waals surface area contributed by atoms with Gasteiger partial charge in [0.1, 0.15) is 5.82 Å². The first-order valence-corrected chi connectivity index (χ1v) is 11.2. The molecule has 32 heavy (non-hydrogen) atoms. The van der Waals surface area contributed by atoms with Crippen LogP contribution in [0.25, 0.3) is 0 Å². The van der Waals surface area contributed by atoms with Crippen molar-refractivity contribution in [1.29, 1.82) is 0 Å². The van der Waals surface area contributed by atoms with Crippen LogP contribution in [0.3, 0.4) is 0 Å². The Morgan fingerprint density at radius 3 is 2.66 bits per heavy atom. The molecule has 0 spiro atoms. The molecule has 0 unspecified atom stereocenters. The number of hydrogen-bond donors (Lipinski definition) is 2. The molecule has 1 aliphatic rings. The molecule has 0 saturated carbocycles. The van der Waals surface area contributed by atoms with Crippen LogP contribution in [0.2, 0.25) is 0 Å². The zero-order valence-electron chi connectivity index (χ0n) is 16.7. The van der Waals surface area contributed by atoms with Crippen LogP contribution in [-0.2, 0) is 16.4 Å². The fourth-order valence-electron chi connectivity index (χ4n) is 3.67. The number of hydrogen-bond acceptors (Lipinski definition) is 6. The van der Waals surface area contributed by atoms with E-state index in [2.05, 4.69) is 5.32 Å². The van der Waals surface area contributed by atoms with Crippen molar-refractivity contribution in [3.05, 3.63) is 88.9 Å². The second kappa shape index (κ2) is 8.58. The van der Waals surface area contributed by atoms with Gasteiger partial charge in [-0.2, -0.15) is 0 Å². The maximum atomic E-state index is 13.6. The van der Waals surface area contributed by atoms with Crippen LogP contribution in [0, 0.1) is 11.0 Å². The molecule has 0 atom stereocenters. The van der Waals surface area contributed by atoms with E-state index in [0.717, 1.165) is 30.2 Å². The number of carbonyl (C=O) groups excluding carboxylic acids is 1. The SMILES string of the molecule is O=C(Nc1cccc(S(=O)(=O)N2CCCc3ccccc32)c1)c1cc(F)ccc1N([O-])O. The lowest BCUT2D eigenvalue weighted by molar-refractivity contribution is 0.102. The van der Waals surface area contributed by atoms with Gasteiger partial charge in [-0.15, -0.1) is 0 Å². The third kappa shape index (κ3) is 4.15. The lowest BCUT2D eigenvalue weighted by Gasteiger charge is -2.30. The van der Waals surface area contributed by atoms with Gasteiger partial charge in [0, 0.05) is 12.2 Å². The fraction of sp³-hybridized carbons (Fsp3) is 0.136. The zero-order valence-corrected chi connectivity index (χ0v) is 17.5. The Hall–Kier alpha value is -3.47. The Kier molecular flexibility index (Phi) is 5.83. The first-order chi connectivity index (χ1) is 15.3. The largest absolute Gasteiger partial charge is 0.733 e. The van der Waals surface area contributed by atoms with Crippen molar-refractivity contribution < 1.29 is 22.8 Å². The van der Waals surface area contributed by atoms with Crippen LogP contribution in [0.15, 0.2) is 71.6 Å². The molecule has 0 bridgehead atoms. The molecule has 166 valence electrons. The van der Waals surface area contributed by atoms with Gasteiger partial charge in [0.25, 0.3) is 15.9 Å². The smallest absolute Gasteiger partial charge is 0.264 e. The molecule has 0 radical (unpaired) electrons. The molecule has 3 aromatic carbocycles. The zero-order chi connectivity index (χ0) is 22.9. The van der Waals surface area contributed by atoms with E-state index in [1.165, 1.54) is 28.6 Å². The number of para-hydroxylation sites is 1. The quantitative estimate of drug-likeness (QED) is 0.563. The van der Waals surface area contributed by atoms with Crippen LogP contribution in [0.1, 0.15) is 22.3 Å². The highest BCUT2D eigenvalue weighted by molar-refractivity contribution is 7.92. The third-order valence-electron chi connectivity index (χ3n) is 5.16. The summed E-state index contributed by atoms with van der Waals surface area (Å²) in [5, 5.41) is 22.4. The Morgan fingerprint density at radius 1 is 1.09 bits per heavy atom. The van der Waals surface area contributed by atoms with Crippen molar-refractivity contribution in [1.82, 2.24) is 0 Å². The summed E-state index contributed by atoms with van der Waals surface area (Å²) in [6, 6.07) is 15.6. The lowest BCUT2D eigenvalue weighted by Crippen LogP contribution is -2.35. The van der Waals surface area contributed by atoms with Gasteiger partial charge in [-0.1, -0.05) is 24.3 Å². The van der Waals surface area contributed by atoms with Crippen molar-refractivity contribution in [2.75, 3.05) is 21.4 Å². The minimum atomic E-state index is -3.90. The van der Waals surface area contributed by atoms with Crippen molar-refractivity contribution in [2.24, 2.45) is 0 Å².